The summed E-state index contributed by atoms with van der Waals surface area (Å²) < 4.78 is 0. The average molecular weight is 194 g/mol. The van der Waals surface area contributed by atoms with E-state index in [1.165, 1.54) is 0 Å². The van der Waals surface area contributed by atoms with E-state index in [1.54, 1.807) is 12.3 Å². The molecule has 4 heteroatoms. The number of benzene rings is 1. The van der Waals surface area contributed by atoms with Crippen LogP contribution in [-0.4, -0.2) is 17.2 Å². The van der Waals surface area contributed by atoms with Crippen LogP contribution in [0.25, 0.3) is 10.9 Å². The summed E-state index contributed by atoms with van der Waals surface area (Å²) in [5.41, 5.74) is 1.78. The third kappa shape index (κ3) is 1.42. The van der Waals surface area contributed by atoms with Gasteiger partial charge in [0.1, 0.15) is 0 Å². The average Bonchev–Trinajstić information content (AvgIpc) is 2.17. The van der Waals surface area contributed by atoms with Gasteiger partial charge in [-0.1, -0.05) is 11.6 Å². The van der Waals surface area contributed by atoms with E-state index < -0.39 is 0 Å². The van der Waals surface area contributed by atoms with Crippen molar-refractivity contribution in [3.63, 3.8) is 0 Å². The Morgan fingerprint density at radius 1 is 1.38 bits per heavy atom. The molecule has 0 saturated heterocycles. The summed E-state index contributed by atoms with van der Waals surface area (Å²) in [7, 11) is 1.84. The Balaban J connectivity index is 2.79. The summed E-state index contributed by atoms with van der Waals surface area (Å²) in [4.78, 5) is 0. The number of aromatic nitrogens is 2. The van der Waals surface area contributed by atoms with Gasteiger partial charge in [-0.3, -0.25) is 0 Å². The molecule has 0 bridgehead atoms. The van der Waals surface area contributed by atoms with Gasteiger partial charge < -0.3 is 5.32 Å². The fourth-order valence-electron chi connectivity index (χ4n) is 1.23. The highest BCUT2D eigenvalue weighted by atomic mass is 35.5. The van der Waals surface area contributed by atoms with E-state index in [0.29, 0.717) is 5.02 Å². The minimum atomic E-state index is 0.706. The fourth-order valence-corrected chi connectivity index (χ4v) is 1.40. The molecule has 1 aromatic heterocycles. The first kappa shape index (κ1) is 8.26. The van der Waals surface area contributed by atoms with Gasteiger partial charge in [-0.2, -0.15) is 10.2 Å². The van der Waals surface area contributed by atoms with Crippen LogP contribution in [0.1, 0.15) is 0 Å². The highest BCUT2D eigenvalue weighted by Crippen LogP contribution is 2.23. The zero-order valence-electron chi connectivity index (χ0n) is 7.08. The molecule has 0 amide bonds. The molecule has 13 heavy (non-hydrogen) atoms. The molecule has 0 radical (unpaired) electrons. The molecular weight excluding hydrogens is 186 g/mol. The highest BCUT2D eigenvalue weighted by molar-refractivity contribution is 6.31. The van der Waals surface area contributed by atoms with Gasteiger partial charge >= 0.3 is 0 Å². The van der Waals surface area contributed by atoms with Crippen LogP contribution in [-0.2, 0) is 0 Å². The lowest BCUT2D eigenvalue weighted by atomic mass is 10.2. The Bertz CT molecular complexity index is 442. The Labute approximate surface area is 80.7 Å². The van der Waals surface area contributed by atoms with Crippen molar-refractivity contribution in [2.45, 2.75) is 0 Å². The highest BCUT2D eigenvalue weighted by Gasteiger charge is 2.00. The normalized spacial score (nSPS) is 10.3. The number of rotatable bonds is 1. The van der Waals surface area contributed by atoms with E-state index in [9.17, 15) is 0 Å². The van der Waals surface area contributed by atoms with E-state index in [4.69, 9.17) is 11.6 Å². The van der Waals surface area contributed by atoms with E-state index >= 15 is 0 Å². The van der Waals surface area contributed by atoms with Gasteiger partial charge in [0.15, 0.2) is 0 Å². The largest absolute Gasteiger partial charge is 0.386 e. The molecule has 0 aliphatic heterocycles. The Hall–Kier alpha value is -1.35. The first-order chi connectivity index (χ1) is 6.31. The van der Waals surface area contributed by atoms with Crippen molar-refractivity contribution in [1.82, 2.24) is 10.2 Å². The molecular formula is C9H8ClN3. The molecule has 3 nitrogen and oxygen atoms in total. The lowest BCUT2D eigenvalue weighted by molar-refractivity contribution is 1.08. The number of hydrogen-bond donors (Lipinski definition) is 1. The lowest BCUT2D eigenvalue weighted by Gasteiger charge is -2.03. The molecule has 0 spiro atoms. The van der Waals surface area contributed by atoms with Crippen molar-refractivity contribution in [1.29, 1.82) is 0 Å². The number of halogens is 1. The molecule has 2 rings (SSSR count). The van der Waals surface area contributed by atoms with Crippen molar-refractivity contribution >= 4 is 28.2 Å². The Morgan fingerprint density at radius 3 is 3.00 bits per heavy atom. The Kier molecular flexibility index (Phi) is 2.02. The van der Waals surface area contributed by atoms with Crippen LogP contribution in [0, 0.1) is 0 Å². The number of anilines is 1. The number of nitrogens with zero attached hydrogens (tertiary/aromatic N) is 2. The smallest absolute Gasteiger partial charge is 0.0951 e. The van der Waals surface area contributed by atoms with Crippen molar-refractivity contribution < 1.29 is 0 Å². The summed E-state index contributed by atoms with van der Waals surface area (Å²) in [6, 6.07) is 5.53. The first-order valence-corrected chi connectivity index (χ1v) is 4.28. The summed E-state index contributed by atoms with van der Waals surface area (Å²) in [6.07, 6.45) is 1.68. The molecule has 0 aliphatic carbocycles. The SMILES string of the molecule is CNc1cnnc2ccc(Cl)cc12. The molecule has 0 aliphatic rings. The minimum absolute atomic E-state index is 0.706. The van der Waals surface area contributed by atoms with Gasteiger partial charge in [0.2, 0.25) is 0 Å². The topological polar surface area (TPSA) is 37.8 Å². The van der Waals surface area contributed by atoms with E-state index in [-0.39, 0.29) is 0 Å². The summed E-state index contributed by atoms with van der Waals surface area (Å²) in [6.45, 7) is 0. The molecule has 0 unspecified atom stereocenters. The number of fused-ring (bicyclic) bond motifs is 1. The predicted octanol–water partition coefficient (Wildman–Crippen LogP) is 2.32. The van der Waals surface area contributed by atoms with Crippen LogP contribution in [0.5, 0.6) is 0 Å². The van der Waals surface area contributed by atoms with Crippen LogP contribution in [0.2, 0.25) is 5.02 Å². The maximum absolute atomic E-state index is 5.87. The maximum Gasteiger partial charge on any atom is 0.0951 e. The van der Waals surface area contributed by atoms with E-state index in [2.05, 4.69) is 15.5 Å². The molecule has 2 aromatic rings. The molecule has 1 heterocycles. The molecule has 1 N–H and O–H groups in total. The summed E-state index contributed by atoms with van der Waals surface area (Å²) in [5.74, 6) is 0. The lowest BCUT2D eigenvalue weighted by Crippen LogP contribution is -1.92. The third-order valence-electron chi connectivity index (χ3n) is 1.87. The zero-order chi connectivity index (χ0) is 9.26. The molecule has 0 fully saturated rings. The number of hydrogen-bond acceptors (Lipinski definition) is 3. The predicted molar refractivity (Wildman–Crippen MR) is 54.1 cm³/mol. The second kappa shape index (κ2) is 3.18. The quantitative estimate of drug-likeness (QED) is 0.756. The van der Waals surface area contributed by atoms with Crippen LogP contribution in [0.3, 0.4) is 0 Å². The first-order valence-electron chi connectivity index (χ1n) is 3.90. The second-order valence-corrected chi connectivity index (χ2v) is 3.11. The van der Waals surface area contributed by atoms with Gasteiger partial charge in [-0.25, -0.2) is 0 Å². The van der Waals surface area contributed by atoms with Crippen LogP contribution in [0.4, 0.5) is 5.69 Å². The fraction of sp³-hybridized carbons (Fsp3) is 0.111. The Morgan fingerprint density at radius 2 is 2.23 bits per heavy atom. The van der Waals surface area contributed by atoms with Crippen LogP contribution < -0.4 is 5.32 Å². The summed E-state index contributed by atoms with van der Waals surface area (Å²) >= 11 is 5.87. The van der Waals surface area contributed by atoms with Gasteiger partial charge in [-0.05, 0) is 18.2 Å². The molecule has 66 valence electrons. The van der Waals surface area contributed by atoms with Crippen molar-refractivity contribution in [2.24, 2.45) is 0 Å². The molecule has 0 atom stereocenters. The van der Waals surface area contributed by atoms with Gasteiger partial charge in [0.25, 0.3) is 0 Å². The van der Waals surface area contributed by atoms with Gasteiger partial charge in [-0.15, -0.1) is 0 Å². The second-order valence-electron chi connectivity index (χ2n) is 2.67. The van der Waals surface area contributed by atoms with E-state index in [0.717, 1.165) is 16.6 Å². The van der Waals surface area contributed by atoms with Gasteiger partial charge in [0, 0.05) is 17.5 Å². The maximum atomic E-state index is 5.87. The monoisotopic (exact) mass is 193 g/mol. The van der Waals surface area contributed by atoms with Crippen LogP contribution >= 0.6 is 11.6 Å². The number of nitrogens with one attached hydrogen (secondary N) is 1. The standard InChI is InChI=1S/C9H8ClN3/c1-11-9-5-12-13-8-3-2-6(10)4-7(8)9/h2-5H,1H3,(H,11,13). The molecule has 0 saturated carbocycles. The van der Waals surface area contributed by atoms with E-state index in [1.807, 2.05) is 19.2 Å². The van der Waals surface area contributed by atoms with Gasteiger partial charge in [0.05, 0.1) is 17.4 Å². The zero-order valence-corrected chi connectivity index (χ0v) is 7.84. The van der Waals surface area contributed by atoms with Crippen LogP contribution in [0.15, 0.2) is 24.4 Å². The third-order valence-corrected chi connectivity index (χ3v) is 2.11. The minimum Gasteiger partial charge on any atom is -0.386 e. The van der Waals surface area contributed by atoms with Crippen molar-refractivity contribution in [2.75, 3.05) is 12.4 Å². The summed E-state index contributed by atoms with van der Waals surface area (Å²) in [5, 5.41) is 12.6. The molecule has 1 aromatic carbocycles. The van der Waals surface area contributed by atoms with Crippen molar-refractivity contribution in [3.05, 3.63) is 29.4 Å². The van der Waals surface area contributed by atoms with Crippen molar-refractivity contribution in [3.8, 4) is 0 Å².